The molecule has 1 unspecified atom stereocenters. The zero-order valence-electron chi connectivity index (χ0n) is 11.2. The van der Waals surface area contributed by atoms with Crippen molar-refractivity contribution in [3.05, 3.63) is 22.7 Å². The van der Waals surface area contributed by atoms with Crippen LogP contribution >= 0.6 is 11.6 Å². The van der Waals surface area contributed by atoms with Gasteiger partial charge in [-0.3, -0.25) is 4.79 Å². The monoisotopic (exact) mass is 322 g/mol. The number of amides is 1. The van der Waals surface area contributed by atoms with Crippen LogP contribution in [0, 0.1) is 0 Å². The van der Waals surface area contributed by atoms with Crippen LogP contribution in [0.5, 0.6) is 5.75 Å². The smallest absolute Gasteiger partial charge is 0.422 e. The van der Waals surface area contributed by atoms with Gasteiger partial charge in [0.15, 0.2) is 6.61 Å². The Hall–Kier alpha value is -1.47. The highest BCUT2D eigenvalue weighted by Gasteiger charge is 2.32. The SMILES string of the molecule is CCCNC1C(=O)Nc2cc(OCC(F)(F)F)c(Cl)cc21. The first-order chi connectivity index (χ1) is 9.81. The molecule has 1 aromatic rings. The maximum Gasteiger partial charge on any atom is 0.422 e. The molecule has 1 atom stereocenters. The Labute approximate surface area is 124 Å². The van der Waals surface area contributed by atoms with Crippen LogP contribution in [0.2, 0.25) is 5.02 Å². The predicted molar refractivity (Wildman–Crippen MR) is 72.7 cm³/mol. The van der Waals surface area contributed by atoms with E-state index in [9.17, 15) is 18.0 Å². The standard InChI is InChI=1S/C13H14ClF3N2O2/c1-2-3-18-11-7-4-8(14)10(21-6-13(15,16)17)5-9(7)19-12(11)20/h4-5,11,18H,2-3,6H2,1H3,(H,19,20). The van der Waals surface area contributed by atoms with Gasteiger partial charge in [-0.05, 0) is 19.0 Å². The van der Waals surface area contributed by atoms with E-state index in [0.717, 1.165) is 6.42 Å². The molecule has 0 radical (unpaired) electrons. The largest absolute Gasteiger partial charge is 0.482 e. The Balaban J connectivity index is 2.20. The summed E-state index contributed by atoms with van der Waals surface area (Å²) in [6.45, 7) is 1.17. The molecule has 1 aliphatic rings. The molecule has 1 aliphatic heterocycles. The number of halogens is 4. The van der Waals surface area contributed by atoms with E-state index < -0.39 is 18.8 Å². The Morgan fingerprint density at radius 2 is 2.14 bits per heavy atom. The van der Waals surface area contributed by atoms with E-state index in [1.54, 1.807) is 0 Å². The number of hydrogen-bond donors (Lipinski definition) is 2. The van der Waals surface area contributed by atoms with Crippen molar-refractivity contribution in [2.75, 3.05) is 18.5 Å². The molecule has 2 N–H and O–H groups in total. The van der Waals surface area contributed by atoms with Crippen LogP contribution in [-0.4, -0.2) is 25.2 Å². The number of ether oxygens (including phenoxy) is 1. The van der Waals surface area contributed by atoms with Gasteiger partial charge in [-0.1, -0.05) is 18.5 Å². The van der Waals surface area contributed by atoms with Crippen LogP contribution in [-0.2, 0) is 4.79 Å². The Bertz CT molecular complexity index is 549. The summed E-state index contributed by atoms with van der Waals surface area (Å²) in [7, 11) is 0. The van der Waals surface area contributed by atoms with Crippen molar-refractivity contribution in [2.45, 2.75) is 25.6 Å². The number of anilines is 1. The fourth-order valence-electron chi connectivity index (χ4n) is 2.02. The van der Waals surface area contributed by atoms with E-state index in [1.807, 2.05) is 6.92 Å². The average Bonchev–Trinajstić information content (AvgIpc) is 2.68. The molecule has 8 heteroatoms. The summed E-state index contributed by atoms with van der Waals surface area (Å²) in [5, 5.41) is 5.69. The molecule has 0 saturated carbocycles. The number of benzene rings is 1. The van der Waals surface area contributed by atoms with Crippen LogP contribution < -0.4 is 15.4 Å². The summed E-state index contributed by atoms with van der Waals surface area (Å²) in [4.78, 5) is 11.8. The van der Waals surface area contributed by atoms with E-state index in [2.05, 4.69) is 15.4 Å². The van der Waals surface area contributed by atoms with Crippen molar-refractivity contribution in [1.29, 1.82) is 0 Å². The van der Waals surface area contributed by atoms with Crippen molar-refractivity contribution in [2.24, 2.45) is 0 Å². The Kier molecular flexibility index (Phi) is 4.63. The molecule has 1 heterocycles. The maximum atomic E-state index is 12.2. The molecular weight excluding hydrogens is 309 g/mol. The van der Waals surface area contributed by atoms with Crippen molar-refractivity contribution in [1.82, 2.24) is 5.32 Å². The van der Waals surface area contributed by atoms with Gasteiger partial charge >= 0.3 is 6.18 Å². The molecule has 1 aromatic carbocycles. The third-order valence-electron chi connectivity index (χ3n) is 2.92. The molecule has 21 heavy (non-hydrogen) atoms. The van der Waals surface area contributed by atoms with E-state index in [-0.39, 0.29) is 16.7 Å². The maximum absolute atomic E-state index is 12.2. The third kappa shape index (κ3) is 3.79. The van der Waals surface area contributed by atoms with Gasteiger partial charge in [0.05, 0.1) is 5.02 Å². The number of carbonyl (C=O) groups is 1. The molecular formula is C13H14ClF3N2O2. The number of hydrogen-bond acceptors (Lipinski definition) is 3. The molecule has 0 saturated heterocycles. The zero-order chi connectivity index (χ0) is 15.6. The minimum absolute atomic E-state index is 0.0396. The van der Waals surface area contributed by atoms with Gasteiger partial charge in [0.25, 0.3) is 0 Å². The molecule has 4 nitrogen and oxygen atoms in total. The number of nitrogens with one attached hydrogen (secondary N) is 2. The average molecular weight is 323 g/mol. The molecule has 0 aromatic heterocycles. The minimum Gasteiger partial charge on any atom is -0.482 e. The molecule has 2 rings (SSSR count). The molecule has 0 bridgehead atoms. The molecule has 0 fully saturated rings. The van der Waals surface area contributed by atoms with Gasteiger partial charge in [-0.15, -0.1) is 0 Å². The quantitative estimate of drug-likeness (QED) is 0.874. The lowest BCUT2D eigenvalue weighted by molar-refractivity contribution is -0.153. The highest BCUT2D eigenvalue weighted by molar-refractivity contribution is 6.32. The molecule has 0 aliphatic carbocycles. The highest BCUT2D eigenvalue weighted by atomic mass is 35.5. The van der Waals surface area contributed by atoms with Crippen molar-refractivity contribution in [3.8, 4) is 5.75 Å². The molecule has 1 amide bonds. The van der Waals surface area contributed by atoms with E-state index in [1.165, 1.54) is 12.1 Å². The van der Waals surface area contributed by atoms with Gasteiger partial charge in [-0.25, -0.2) is 0 Å². The normalized spacial score (nSPS) is 17.6. The summed E-state index contributed by atoms with van der Waals surface area (Å²) in [6.07, 6.45) is -3.60. The lowest BCUT2D eigenvalue weighted by atomic mass is 10.1. The predicted octanol–water partition coefficient (Wildman–Crippen LogP) is 3.27. The fraction of sp³-hybridized carbons (Fsp3) is 0.462. The minimum atomic E-state index is -4.45. The topological polar surface area (TPSA) is 50.4 Å². The molecule has 116 valence electrons. The van der Waals surface area contributed by atoms with Gasteiger partial charge < -0.3 is 15.4 Å². The zero-order valence-corrected chi connectivity index (χ0v) is 11.9. The Morgan fingerprint density at radius 3 is 2.76 bits per heavy atom. The second-order valence-electron chi connectivity index (χ2n) is 4.65. The second kappa shape index (κ2) is 6.11. The fourth-order valence-corrected chi connectivity index (χ4v) is 2.25. The highest BCUT2D eigenvalue weighted by Crippen LogP contribution is 2.39. The molecule has 0 spiro atoms. The summed E-state index contributed by atoms with van der Waals surface area (Å²) in [5.41, 5.74) is 1.02. The lowest BCUT2D eigenvalue weighted by Gasteiger charge is -2.13. The number of rotatable bonds is 5. The van der Waals surface area contributed by atoms with Gasteiger partial charge in [0.1, 0.15) is 11.8 Å². The van der Waals surface area contributed by atoms with Crippen LogP contribution in [0.25, 0.3) is 0 Å². The summed E-state index contributed by atoms with van der Waals surface area (Å²) in [5.74, 6) is -0.369. The van der Waals surface area contributed by atoms with Crippen LogP contribution in [0.4, 0.5) is 18.9 Å². The number of carbonyl (C=O) groups excluding carboxylic acids is 1. The first kappa shape index (κ1) is 15.9. The van der Waals surface area contributed by atoms with E-state index in [0.29, 0.717) is 17.8 Å². The van der Waals surface area contributed by atoms with Crippen molar-refractivity contribution in [3.63, 3.8) is 0 Å². The van der Waals surface area contributed by atoms with E-state index in [4.69, 9.17) is 11.6 Å². The Morgan fingerprint density at radius 1 is 1.43 bits per heavy atom. The summed E-state index contributed by atoms with van der Waals surface area (Å²) in [6, 6.07) is 2.22. The lowest BCUT2D eigenvalue weighted by Crippen LogP contribution is -2.28. The van der Waals surface area contributed by atoms with Gasteiger partial charge in [0.2, 0.25) is 5.91 Å². The van der Waals surface area contributed by atoms with E-state index >= 15 is 0 Å². The van der Waals surface area contributed by atoms with Crippen LogP contribution in [0.1, 0.15) is 24.9 Å². The summed E-state index contributed by atoms with van der Waals surface area (Å²) < 4.78 is 41.1. The van der Waals surface area contributed by atoms with Gasteiger partial charge in [-0.2, -0.15) is 13.2 Å². The number of fused-ring (bicyclic) bond motifs is 1. The number of alkyl halides is 3. The van der Waals surface area contributed by atoms with Crippen LogP contribution in [0.15, 0.2) is 12.1 Å². The summed E-state index contributed by atoms with van der Waals surface area (Å²) >= 11 is 5.92. The van der Waals surface area contributed by atoms with Crippen molar-refractivity contribution >= 4 is 23.2 Å². The van der Waals surface area contributed by atoms with Gasteiger partial charge in [0, 0.05) is 17.3 Å². The first-order valence-electron chi connectivity index (χ1n) is 6.39. The second-order valence-corrected chi connectivity index (χ2v) is 5.06. The third-order valence-corrected chi connectivity index (χ3v) is 3.22. The van der Waals surface area contributed by atoms with Crippen molar-refractivity contribution < 1.29 is 22.7 Å². The first-order valence-corrected chi connectivity index (χ1v) is 6.77. The van der Waals surface area contributed by atoms with Crippen LogP contribution in [0.3, 0.4) is 0 Å².